The molecule has 0 spiro atoms. The van der Waals surface area contributed by atoms with E-state index in [2.05, 4.69) is 32.6 Å². The highest BCUT2D eigenvalue weighted by Crippen LogP contribution is 2.25. The normalized spacial score (nSPS) is 10.7. The zero-order valence-corrected chi connectivity index (χ0v) is 20.7. The monoisotopic (exact) mass is 518 g/mol. The molecule has 10 nitrogen and oxygen atoms in total. The lowest BCUT2D eigenvalue weighted by atomic mass is 10.1. The van der Waals surface area contributed by atoms with Gasteiger partial charge in [0.25, 0.3) is 5.91 Å². The number of carbonyl (C=O) groups excluding carboxylic acids is 3. The van der Waals surface area contributed by atoms with Gasteiger partial charge in [0.05, 0.1) is 6.20 Å². The van der Waals surface area contributed by atoms with Gasteiger partial charge in [0.15, 0.2) is 5.65 Å². The van der Waals surface area contributed by atoms with Crippen LogP contribution in [0.1, 0.15) is 35.7 Å². The van der Waals surface area contributed by atoms with E-state index in [-0.39, 0.29) is 22.7 Å². The summed E-state index contributed by atoms with van der Waals surface area (Å²) in [5.74, 6) is -0.149. The maximum absolute atomic E-state index is 12.7. The van der Waals surface area contributed by atoms with E-state index >= 15 is 0 Å². The van der Waals surface area contributed by atoms with Crippen LogP contribution in [-0.2, 0) is 4.79 Å². The van der Waals surface area contributed by atoms with Crippen LogP contribution in [0, 0.1) is 0 Å². The fraction of sp³-hybridized carbons (Fsp3) is 0.115. The number of hydrogen-bond donors (Lipinski definition) is 3. The Labute approximate surface area is 217 Å². The number of nitrogens with one attached hydrogen (secondary N) is 3. The Bertz CT molecular complexity index is 1510. The van der Waals surface area contributed by atoms with Gasteiger partial charge >= 0.3 is 6.09 Å². The van der Waals surface area contributed by atoms with Crippen molar-refractivity contribution in [3.63, 3.8) is 0 Å². The third-order valence-corrected chi connectivity index (χ3v) is 5.39. The second-order valence-corrected chi connectivity index (χ2v) is 8.61. The van der Waals surface area contributed by atoms with Crippen molar-refractivity contribution >= 4 is 52.3 Å². The molecule has 2 aromatic heterocycles. The van der Waals surface area contributed by atoms with Crippen LogP contribution in [0.2, 0.25) is 5.15 Å². The Morgan fingerprint density at radius 1 is 1.03 bits per heavy atom. The number of aromatic nitrogens is 3. The van der Waals surface area contributed by atoms with Crippen molar-refractivity contribution in [2.24, 2.45) is 0 Å². The van der Waals surface area contributed by atoms with Gasteiger partial charge in [0, 0.05) is 34.6 Å². The molecule has 0 saturated heterocycles. The second kappa shape index (κ2) is 10.9. The average Bonchev–Trinajstić information content (AvgIpc) is 3.28. The molecule has 2 heterocycles. The Morgan fingerprint density at radius 3 is 2.49 bits per heavy atom. The molecule has 4 rings (SSSR count). The quantitative estimate of drug-likeness (QED) is 0.219. The third-order valence-electron chi connectivity index (χ3n) is 5.20. The number of amides is 3. The van der Waals surface area contributed by atoms with Crippen molar-refractivity contribution in [3.8, 4) is 5.75 Å². The van der Waals surface area contributed by atoms with Gasteiger partial charge in [0.1, 0.15) is 16.7 Å². The molecule has 0 aliphatic heterocycles. The van der Waals surface area contributed by atoms with Gasteiger partial charge < -0.3 is 15.4 Å². The molecule has 3 amide bonds. The summed E-state index contributed by atoms with van der Waals surface area (Å²) in [6.45, 7) is 7.41. The van der Waals surface area contributed by atoms with E-state index in [4.69, 9.17) is 16.3 Å². The summed E-state index contributed by atoms with van der Waals surface area (Å²) in [5, 5.41) is 12.5. The fourth-order valence-corrected chi connectivity index (χ4v) is 3.64. The maximum atomic E-state index is 12.7. The minimum atomic E-state index is -0.778. The number of nitrogens with zero attached hydrogens (tertiary/aromatic N) is 3. The van der Waals surface area contributed by atoms with Gasteiger partial charge in [-0.25, -0.2) is 9.78 Å². The summed E-state index contributed by atoms with van der Waals surface area (Å²) in [7, 11) is 0. The predicted octanol–water partition coefficient (Wildman–Crippen LogP) is 5.49. The molecule has 188 valence electrons. The van der Waals surface area contributed by atoms with Gasteiger partial charge in [-0.2, -0.15) is 9.61 Å². The van der Waals surface area contributed by atoms with Crippen LogP contribution in [-0.4, -0.2) is 32.5 Å². The number of anilines is 3. The molecule has 4 aromatic rings. The standard InChI is InChI=1S/C26H23ClN6O4/c1-4-23(34)29-17-8-5-7-16(11-17)25(35)30-18-9-6-10-19(12-18)37-26(36)32-22-13-21(27)31-24-20(15(2)3)14-28-33(22)24/h4-15H,1H2,2-3H3,(H,29,34)(H,30,35)(H,32,36). The lowest BCUT2D eigenvalue weighted by molar-refractivity contribution is -0.111. The molecule has 0 radical (unpaired) electrons. The first-order chi connectivity index (χ1) is 17.7. The largest absolute Gasteiger partial charge is 0.418 e. The molecule has 0 atom stereocenters. The van der Waals surface area contributed by atoms with Crippen LogP contribution >= 0.6 is 11.6 Å². The summed E-state index contributed by atoms with van der Waals surface area (Å²) in [4.78, 5) is 41.1. The van der Waals surface area contributed by atoms with E-state index in [1.807, 2.05) is 13.8 Å². The Balaban J connectivity index is 1.45. The number of hydrogen-bond acceptors (Lipinski definition) is 6. The molecule has 2 aromatic carbocycles. The van der Waals surface area contributed by atoms with E-state index in [9.17, 15) is 14.4 Å². The Morgan fingerprint density at radius 2 is 1.76 bits per heavy atom. The predicted molar refractivity (Wildman–Crippen MR) is 141 cm³/mol. The number of rotatable bonds is 7. The molecule has 0 saturated carbocycles. The van der Waals surface area contributed by atoms with Crippen LogP contribution in [0.4, 0.5) is 22.0 Å². The van der Waals surface area contributed by atoms with Crippen LogP contribution < -0.4 is 20.7 Å². The number of halogens is 1. The average molecular weight is 519 g/mol. The summed E-state index contributed by atoms with van der Waals surface area (Å²) in [6.07, 6.45) is 2.03. The number of fused-ring (bicyclic) bond motifs is 1. The van der Waals surface area contributed by atoms with E-state index in [1.54, 1.807) is 42.6 Å². The minimum absolute atomic E-state index is 0.162. The lowest BCUT2D eigenvalue weighted by Crippen LogP contribution is -2.19. The van der Waals surface area contributed by atoms with Crippen molar-refractivity contribution < 1.29 is 19.1 Å². The van der Waals surface area contributed by atoms with Crippen LogP contribution in [0.5, 0.6) is 5.75 Å². The molecule has 0 aliphatic rings. The van der Waals surface area contributed by atoms with Gasteiger partial charge in [-0.05, 0) is 42.3 Å². The van der Waals surface area contributed by atoms with Crippen LogP contribution in [0.25, 0.3) is 5.65 Å². The fourth-order valence-electron chi connectivity index (χ4n) is 3.46. The third kappa shape index (κ3) is 6.11. The first kappa shape index (κ1) is 25.4. The van der Waals surface area contributed by atoms with Crippen molar-refractivity contribution in [2.75, 3.05) is 16.0 Å². The number of benzene rings is 2. The van der Waals surface area contributed by atoms with Gasteiger partial charge in [-0.15, -0.1) is 0 Å². The summed E-state index contributed by atoms with van der Waals surface area (Å²) in [6, 6.07) is 14.2. The topological polar surface area (TPSA) is 127 Å². The van der Waals surface area contributed by atoms with Gasteiger partial charge in [-0.3, -0.25) is 14.9 Å². The highest BCUT2D eigenvalue weighted by Gasteiger charge is 2.16. The van der Waals surface area contributed by atoms with Crippen molar-refractivity contribution in [2.45, 2.75) is 19.8 Å². The number of ether oxygens (including phenoxy) is 1. The molecule has 0 aliphatic carbocycles. The van der Waals surface area contributed by atoms with Crippen molar-refractivity contribution in [1.82, 2.24) is 14.6 Å². The van der Waals surface area contributed by atoms with E-state index in [0.717, 1.165) is 11.6 Å². The molecule has 0 bridgehead atoms. The van der Waals surface area contributed by atoms with E-state index in [1.165, 1.54) is 22.7 Å². The maximum Gasteiger partial charge on any atom is 0.418 e. The first-order valence-electron chi connectivity index (χ1n) is 11.2. The zero-order chi connectivity index (χ0) is 26.5. The molecular weight excluding hydrogens is 496 g/mol. The Hall–Kier alpha value is -4.70. The van der Waals surface area contributed by atoms with E-state index < -0.39 is 12.0 Å². The van der Waals surface area contributed by atoms with Crippen LogP contribution in [0.3, 0.4) is 0 Å². The lowest BCUT2D eigenvalue weighted by Gasteiger charge is -2.11. The first-order valence-corrected chi connectivity index (χ1v) is 11.6. The van der Waals surface area contributed by atoms with Crippen LogP contribution in [0.15, 0.2) is 73.4 Å². The Kier molecular flexibility index (Phi) is 7.49. The molecular formula is C26H23ClN6O4. The van der Waals surface area contributed by atoms with Crippen molar-refractivity contribution in [1.29, 1.82) is 0 Å². The van der Waals surface area contributed by atoms with Gasteiger partial charge in [-0.1, -0.05) is 44.2 Å². The molecule has 0 unspecified atom stereocenters. The smallest absolute Gasteiger partial charge is 0.410 e. The molecule has 11 heteroatoms. The van der Waals surface area contributed by atoms with E-state index in [0.29, 0.717) is 28.4 Å². The zero-order valence-electron chi connectivity index (χ0n) is 20.0. The summed E-state index contributed by atoms with van der Waals surface area (Å²) in [5.41, 5.74) is 2.60. The molecule has 0 fully saturated rings. The van der Waals surface area contributed by atoms with Gasteiger partial charge in [0.2, 0.25) is 5.91 Å². The highest BCUT2D eigenvalue weighted by molar-refractivity contribution is 6.29. The second-order valence-electron chi connectivity index (χ2n) is 8.22. The summed E-state index contributed by atoms with van der Waals surface area (Å²) >= 11 is 6.15. The SMILES string of the molecule is C=CC(=O)Nc1cccc(C(=O)Nc2cccc(OC(=O)Nc3cc(Cl)nc4c(C(C)C)cnn34)c2)c1. The minimum Gasteiger partial charge on any atom is -0.410 e. The summed E-state index contributed by atoms with van der Waals surface area (Å²) < 4.78 is 6.88. The highest BCUT2D eigenvalue weighted by atomic mass is 35.5. The molecule has 37 heavy (non-hydrogen) atoms. The number of carbonyl (C=O) groups is 3. The molecule has 3 N–H and O–H groups in total. The van der Waals surface area contributed by atoms with Crippen molar-refractivity contribution in [3.05, 3.63) is 89.7 Å².